The molecule has 8 heteroatoms. The summed E-state index contributed by atoms with van der Waals surface area (Å²) >= 11 is 3.93. The monoisotopic (exact) mass is 880 g/mol. The second-order valence-electron chi connectivity index (χ2n) is 16.8. The van der Waals surface area contributed by atoms with Crippen LogP contribution in [0.2, 0.25) is 0 Å². The summed E-state index contributed by atoms with van der Waals surface area (Å²) in [6, 6.07) is 49.7. The van der Waals surface area contributed by atoms with E-state index in [0.29, 0.717) is 32.2 Å². The number of aryl methyl sites for hydroxylation is 2. The number of aliphatic hydroxyl groups is 1. The van der Waals surface area contributed by atoms with Crippen molar-refractivity contribution in [1.29, 1.82) is 0 Å². The molecule has 328 valence electrons. The Kier molecular flexibility index (Phi) is 15.1. The van der Waals surface area contributed by atoms with Crippen LogP contribution >= 0.6 is 23.5 Å². The zero-order valence-electron chi connectivity index (χ0n) is 36.9. The number of hydrogen-bond donors (Lipinski definition) is 1. The average molecular weight is 881 g/mol. The van der Waals surface area contributed by atoms with Gasteiger partial charge >= 0.3 is 0 Å². The number of thioether (sulfide) groups is 2. The Morgan fingerprint density at radius 3 is 1.60 bits per heavy atom. The lowest BCUT2D eigenvalue weighted by Crippen LogP contribution is -2.45. The van der Waals surface area contributed by atoms with Crippen molar-refractivity contribution in [2.24, 2.45) is 11.8 Å². The third-order valence-electron chi connectivity index (χ3n) is 12.6. The molecule has 2 fully saturated rings. The van der Waals surface area contributed by atoms with Crippen LogP contribution in [0.5, 0.6) is 23.0 Å². The van der Waals surface area contributed by atoms with Gasteiger partial charge in [-0.2, -0.15) is 0 Å². The summed E-state index contributed by atoms with van der Waals surface area (Å²) in [5.74, 6) is 5.23. The van der Waals surface area contributed by atoms with Gasteiger partial charge in [0.1, 0.15) is 44.0 Å². The van der Waals surface area contributed by atoms with Gasteiger partial charge in [0, 0.05) is 17.1 Å². The molecule has 2 aliphatic heterocycles. The number of aliphatic hydroxyl groups excluding tert-OH is 1. The van der Waals surface area contributed by atoms with E-state index in [0.717, 1.165) is 92.5 Å². The third kappa shape index (κ3) is 10.7. The molecule has 0 amide bonds. The molecule has 2 saturated heterocycles. The van der Waals surface area contributed by atoms with Gasteiger partial charge in [0.15, 0.2) is 11.5 Å². The zero-order chi connectivity index (χ0) is 43.6. The number of rotatable bonds is 18. The van der Waals surface area contributed by atoms with Crippen molar-refractivity contribution in [2.75, 3.05) is 11.5 Å². The number of hydrogen-bond acceptors (Lipinski definition) is 8. The molecule has 0 spiro atoms. The standard InChI is InChI=1S/C55H60O6S2/c1-5-46-39(3)40(4)52(56)54(61-46)50-38(2)32-49(59-36-44-22-14-8-15-23-44)51(53(50)60-37-45-24-16-9-17-25-45)55(62-30-31-63-55)29-28-41-26-27-47(57-34-42-18-10-6-11-19-42)48(33-41)58-35-43-20-12-7-13-21-43/h6-27,32-33,39-40,46,52,54,56H,5,28-31,34-37H2,1-4H3. The molecule has 1 N–H and O–H groups in total. The Hall–Kier alpha value is -4.86. The molecule has 0 aliphatic carbocycles. The fourth-order valence-corrected chi connectivity index (χ4v) is 12.2. The Bertz CT molecular complexity index is 2350. The molecule has 6 aromatic rings. The summed E-state index contributed by atoms with van der Waals surface area (Å²) in [4.78, 5) is 0. The molecule has 2 heterocycles. The highest BCUT2D eigenvalue weighted by Gasteiger charge is 2.47. The van der Waals surface area contributed by atoms with Crippen molar-refractivity contribution in [3.63, 3.8) is 0 Å². The topological polar surface area (TPSA) is 66.4 Å². The van der Waals surface area contributed by atoms with Crippen molar-refractivity contribution in [2.45, 2.75) is 95.8 Å². The Morgan fingerprint density at radius 2 is 1.08 bits per heavy atom. The molecule has 2 aliphatic rings. The largest absolute Gasteiger partial charge is 0.488 e. The predicted molar refractivity (Wildman–Crippen MR) is 258 cm³/mol. The van der Waals surface area contributed by atoms with Crippen LogP contribution in [0.15, 0.2) is 146 Å². The molecule has 6 aromatic carbocycles. The number of benzene rings is 6. The minimum absolute atomic E-state index is 0.00868. The molecular weight excluding hydrogens is 821 g/mol. The third-order valence-corrected chi connectivity index (χ3v) is 16.1. The molecule has 0 bridgehead atoms. The summed E-state index contributed by atoms with van der Waals surface area (Å²) in [5, 5.41) is 12.1. The fraction of sp³-hybridized carbons (Fsp3) is 0.345. The molecule has 5 unspecified atom stereocenters. The van der Waals surface area contributed by atoms with E-state index in [1.54, 1.807) is 0 Å². The molecule has 5 atom stereocenters. The smallest absolute Gasteiger partial charge is 0.161 e. The molecule has 0 radical (unpaired) electrons. The van der Waals surface area contributed by atoms with Crippen molar-refractivity contribution >= 4 is 23.5 Å². The van der Waals surface area contributed by atoms with E-state index in [2.05, 4.69) is 113 Å². The molecular formula is C55H60O6S2. The first-order valence-electron chi connectivity index (χ1n) is 22.4. The van der Waals surface area contributed by atoms with Crippen LogP contribution in [0.1, 0.15) is 84.2 Å². The van der Waals surface area contributed by atoms with E-state index in [9.17, 15) is 5.11 Å². The minimum Gasteiger partial charge on any atom is -0.488 e. The van der Waals surface area contributed by atoms with Gasteiger partial charge in [-0.15, -0.1) is 23.5 Å². The van der Waals surface area contributed by atoms with Crippen LogP contribution in [0, 0.1) is 18.8 Å². The van der Waals surface area contributed by atoms with E-state index >= 15 is 0 Å². The second kappa shape index (κ2) is 21.2. The van der Waals surface area contributed by atoms with E-state index in [1.165, 1.54) is 0 Å². The van der Waals surface area contributed by atoms with Crippen LogP contribution in [0.25, 0.3) is 0 Å². The second-order valence-corrected chi connectivity index (χ2v) is 19.9. The van der Waals surface area contributed by atoms with Gasteiger partial charge in [-0.05, 0) is 89.6 Å². The summed E-state index contributed by atoms with van der Waals surface area (Å²) in [5.41, 5.74) is 8.44. The van der Waals surface area contributed by atoms with Gasteiger partial charge in [0.2, 0.25) is 0 Å². The van der Waals surface area contributed by atoms with Crippen molar-refractivity contribution in [1.82, 2.24) is 0 Å². The summed E-state index contributed by atoms with van der Waals surface area (Å²) in [7, 11) is 0. The lowest BCUT2D eigenvalue weighted by Gasteiger charge is -2.44. The first kappa shape index (κ1) is 44.7. The van der Waals surface area contributed by atoms with Crippen LogP contribution in [-0.4, -0.2) is 28.8 Å². The maximum atomic E-state index is 12.1. The highest BCUT2D eigenvalue weighted by molar-refractivity contribution is 8.20. The first-order valence-corrected chi connectivity index (χ1v) is 24.4. The fourth-order valence-electron chi connectivity index (χ4n) is 8.83. The lowest BCUT2D eigenvalue weighted by molar-refractivity contribution is -0.172. The predicted octanol–water partition coefficient (Wildman–Crippen LogP) is 13.1. The SMILES string of the molecule is CCC1OC(c2c(C)cc(OCc3ccccc3)c(C3(CCc4ccc(OCc5ccccc5)c(OCc5ccccc5)c4)SCCS3)c2OCc2ccccc2)C(O)C(C)C1C. The zero-order valence-corrected chi connectivity index (χ0v) is 38.5. The van der Waals surface area contributed by atoms with Gasteiger partial charge in [0.05, 0.1) is 21.9 Å². The Balaban J connectivity index is 1.20. The molecule has 8 rings (SSSR count). The lowest BCUT2D eigenvalue weighted by atomic mass is 9.77. The van der Waals surface area contributed by atoms with Crippen LogP contribution in [0.3, 0.4) is 0 Å². The molecule has 0 aromatic heterocycles. The summed E-state index contributed by atoms with van der Waals surface area (Å²) < 4.78 is 33.6. The maximum absolute atomic E-state index is 12.1. The van der Waals surface area contributed by atoms with Crippen LogP contribution in [0.4, 0.5) is 0 Å². The number of ether oxygens (including phenoxy) is 5. The summed E-state index contributed by atoms with van der Waals surface area (Å²) in [6.07, 6.45) is 1.18. The highest BCUT2D eigenvalue weighted by atomic mass is 32.2. The average Bonchev–Trinajstić information content (AvgIpc) is 3.81. The van der Waals surface area contributed by atoms with E-state index < -0.39 is 16.3 Å². The van der Waals surface area contributed by atoms with E-state index in [1.807, 2.05) is 84.2 Å². The summed E-state index contributed by atoms with van der Waals surface area (Å²) in [6.45, 7) is 10.3. The first-order chi connectivity index (χ1) is 30.8. The highest BCUT2D eigenvalue weighted by Crippen LogP contribution is 2.62. The van der Waals surface area contributed by atoms with Gasteiger partial charge in [0.25, 0.3) is 0 Å². The van der Waals surface area contributed by atoms with Gasteiger partial charge < -0.3 is 28.8 Å². The molecule has 0 saturated carbocycles. The Morgan fingerprint density at radius 1 is 0.587 bits per heavy atom. The van der Waals surface area contributed by atoms with Crippen molar-refractivity contribution in [3.8, 4) is 23.0 Å². The molecule has 6 nitrogen and oxygen atoms in total. The maximum Gasteiger partial charge on any atom is 0.161 e. The van der Waals surface area contributed by atoms with Crippen molar-refractivity contribution in [3.05, 3.63) is 190 Å². The van der Waals surface area contributed by atoms with Crippen LogP contribution in [-0.2, 0) is 41.7 Å². The van der Waals surface area contributed by atoms with Gasteiger partial charge in [-0.1, -0.05) is 148 Å². The normalized spacial score (nSPS) is 20.6. The van der Waals surface area contributed by atoms with Gasteiger partial charge in [-0.25, -0.2) is 0 Å². The Labute approximate surface area is 382 Å². The van der Waals surface area contributed by atoms with Gasteiger partial charge in [-0.3, -0.25) is 0 Å². The van der Waals surface area contributed by atoms with E-state index in [-0.39, 0.29) is 17.9 Å². The molecule has 63 heavy (non-hydrogen) atoms. The minimum atomic E-state index is -0.707. The van der Waals surface area contributed by atoms with Crippen LogP contribution < -0.4 is 18.9 Å². The van der Waals surface area contributed by atoms with E-state index in [4.69, 9.17) is 23.7 Å². The quantitative estimate of drug-likeness (QED) is 0.0916. The van der Waals surface area contributed by atoms with Crippen molar-refractivity contribution < 1.29 is 28.8 Å².